The van der Waals surface area contributed by atoms with Gasteiger partial charge in [0.25, 0.3) is 0 Å². The van der Waals surface area contributed by atoms with E-state index in [-0.39, 0.29) is 0 Å². The molecule has 0 atom stereocenters. The number of carboxylic acid groups (broad SMARTS) is 1. The van der Waals surface area contributed by atoms with Crippen LogP contribution in [0.25, 0.3) is 0 Å². The fourth-order valence-corrected chi connectivity index (χ4v) is 0.659. The summed E-state index contributed by atoms with van der Waals surface area (Å²) in [7, 11) is 0. The van der Waals surface area contributed by atoms with Crippen molar-refractivity contribution < 1.29 is 9.90 Å². The SMILES string of the molecule is Cc1ccc(N)cc1N.NC(=O)O. The van der Waals surface area contributed by atoms with Crippen LogP contribution in [0.3, 0.4) is 0 Å². The first-order valence-electron chi connectivity index (χ1n) is 3.53. The van der Waals surface area contributed by atoms with Crippen molar-refractivity contribution in [3.63, 3.8) is 0 Å². The van der Waals surface area contributed by atoms with Crippen LogP contribution in [0.5, 0.6) is 0 Å². The highest BCUT2D eigenvalue weighted by Crippen LogP contribution is 2.13. The van der Waals surface area contributed by atoms with Gasteiger partial charge in [-0.1, -0.05) is 6.07 Å². The Hall–Kier alpha value is -1.91. The van der Waals surface area contributed by atoms with Gasteiger partial charge >= 0.3 is 6.09 Å². The van der Waals surface area contributed by atoms with Crippen LogP contribution in [-0.2, 0) is 0 Å². The van der Waals surface area contributed by atoms with E-state index in [1.807, 2.05) is 19.1 Å². The van der Waals surface area contributed by atoms with E-state index in [0.29, 0.717) is 0 Å². The molecule has 0 aromatic heterocycles. The average molecular weight is 183 g/mol. The predicted molar refractivity (Wildman–Crippen MR) is 52.2 cm³/mol. The summed E-state index contributed by atoms with van der Waals surface area (Å²) in [5, 5.41) is 7.19. The third-order valence-corrected chi connectivity index (χ3v) is 1.30. The van der Waals surface area contributed by atoms with Gasteiger partial charge in [-0.2, -0.15) is 0 Å². The largest absolute Gasteiger partial charge is 0.465 e. The zero-order valence-electron chi connectivity index (χ0n) is 7.32. The fourth-order valence-electron chi connectivity index (χ4n) is 0.659. The molecule has 5 nitrogen and oxygen atoms in total. The molecule has 1 aromatic rings. The molecule has 1 aromatic carbocycles. The predicted octanol–water partition coefficient (Wildman–Crippen LogP) is 0.783. The van der Waals surface area contributed by atoms with Crippen LogP contribution in [-0.4, -0.2) is 11.2 Å². The van der Waals surface area contributed by atoms with E-state index in [4.69, 9.17) is 21.4 Å². The first-order chi connectivity index (χ1) is 5.93. The average Bonchev–Trinajstić information content (AvgIpc) is 1.96. The summed E-state index contributed by atoms with van der Waals surface area (Å²) in [6.45, 7) is 1.95. The van der Waals surface area contributed by atoms with Gasteiger partial charge in [0.1, 0.15) is 0 Å². The van der Waals surface area contributed by atoms with Crippen molar-refractivity contribution in [2.24, 2.45) is 5.73 Å². The molecule has 0 saturated heterocycles. The molecular formula is C8H13N3O2. The van der Waals surface area contributed by atoms with E-state index in [2.05, 4.69) is 5.73 Å². The van der Waals surface area contributed by atoms with E-state index in [1.54, 1.807) is 6.07 Å². The lowest BCUT2D eigenvalue weighted by molar-refractivity contribution is 0.205. The summed E-state index contributed by atoms with van der Waals surface area (Å²) in [4.78, 5) is 8.78. The molecule has 1 amide bonds. The van der Waals surface area contributed by atoms with Crippen LogP contribution in [0.15, 0.2) is 18.2 Å². The molecule has 0 radical (unpaired) electrons. The second-order valence-electron chi connectivity index (χ2n) is 2.45. The first-order valence-corrected chi connectivity index (χ1v) is 3.53. The Kier molecular flexibility index (Phi) is 4.15. The van der Waals surface area contributed by atoms with Crippen LogP contribution in [0.1, 0.15) is 5.56 Å². The van der Waals surface area contributed by atoms with E-state index >= 15 is 0 Å². The molecule has 13 heavy (non-hydrogen) atoms. The number of nitrogens with two attached hydrogens (primary N) is 3. The summed E-state index contributed by atoms with van der Waals surface area (Å²) in [5.41, 5.74) is 17.6. The standard InChI is InChI=1S/C7H10N2.CH3NO2/c1-5-2-3-6(8)4-7(5)9;2-1(3)4/h2-4H,8-9H2,1H3;2H2,(H,3,4). The van der Waals surface area contributed by atoms with E-state index in [9.17, 15) is 0 Å². The number of hydrogen-bond acceptors (Lipinski definition) is 3. The molecule has 0 fully saturated rings. The second kappa shape index (κ2) is 4.87. The number of benzene rings is 1. The highest BCUT2D eigenvalue weighted by molar-refractivity contribution is 5.61. The zero-order chi connectivity index (χ0) is 10.4. The smallest absolute Gasteiger partial charge is 0.402 e. The van der Waals surface area contributed by atoms with Crippen LogP contribution in [0, 0.1) is 6.92 Å². The molecule has 7 N–H and O–H groups in total. The molecule has 0 bridgehead atoms. The molecule has 0 spiro atoms. The summed E-state index contributed by atoms with van der Waals surface area (Å²) >= 11 is 0. The highest BCUT2D eigenvalue weighted by atomic mass is 16.4. The van der Waals surface area contributed by atoms with E-state index < -0.39 is 6.09 Å². The number of anilines is 2. The summed E-state index contributed by atoms with van der Waals surface area (Å²) in [5.74, 6) is 0. The number of carbonyl (C=O) groups is 1. The molecule has 1 rings (SSSR count). The molecule has 72 valence electrons. The summed E-state index contributed by atoms with van der Waals surface area (Å²) in [6, 6.07) is 5.51. The van der Waals surface area contributed by atoms with Crippen LogP contribution in [0.2, 0.25) is 0 Å². The Morgan fingerprint density at radius 2 is 1.85 bits per heavy atom. The minimum absolute atomic E-state index is 0.720. The van der Waals surface area contributed by atoms with Gasteiger partial charge in [0.15, 0.2) is 0 Å². The molecular weight excluding hydrogens is 170 g/mol. The van der Waals surface area contributed by atoms with Crippen LogP contribution < -0.4 is 17.2 Å². The van der Waals surface area contributed by atoms with Crippen molar-refractivity contribution in [3.8, 4) is 0 Å². The Morgan fingerprint density at radius 1 is 1.38 bits per heavy atom. The monoisotopic (exact) mass is 183 g/mol. The maximum atomic E-state index is 8.78. The lowest BCUT2D eigenvalue weighted by Gasteiger charge is -1.98. The van der Waals surface area contributed by atoms with Crippen molar-refractivity contribution in [2.45, 2.75) is 6.92 Å². The second-order valence-corrected chi connectivity index (χ2v) is 2.45. The van der Waals surface area contributed by atoms with Crippen molar-refractivity contribution in [2.75, 3.05) is 11.5 Å². The van der Waals surface area contributed by atoms with Gasteiger partial charge in [-0.15, -0.1) is 0 Å². The maximum absolute atomic E-state index is 8.78. The lowest BCUT2D eigenvalue weighted by Crippen LogP contribution is -2.03. The van der Waals surface area contributed by atoms with Crippen LogP contribution in [0.4, 0.5) is 16.2 Å². The highest BCUT2D eigenvalue weighted by Gasteiger charge is 1.90. The van der Waals surface area contributed by atoms with E-state index in [0.717, 1.165) is 16.9 Å². The minimum Gasteiger partial charge on any atom is -0.465 e. The maximum Gasteiger partial charge on any atom is 0.402 e. The molecule has 5 heteroatoms. The van der Waals surface area contributed by atoms with Gasteiger partial charge in [0.2, 0.25) is 0 Å². The summed E-state index contributed by atoms with van der Waals surface area (Å²) < 4.78 is 0. The molecule has 0 aliphatic carbocycles. The van der Waals surface area contributed by atoms with Crippen molar-refractivity contribution in [1.29, 1.82) is 0 Å². The number of amides is 1. The Bertz CT molecular complexity index is 295. The van der Waals surface area contributed by atoms with Crippen LogP contribution >= 0.6 is 0 Å². The number of rotatable bonds is 0. The van der Waals surface area contributed by atoms with E-state index in [1.165, 1.54) is 0 Å². The molecule has 0 aliphatic rings. The third kappa shape index (κ3) is 5.37. The number of primary amides is 1. The minimum atomic E-state index is -1.33. The third-order valence-electron chi connectivity index (χ3n) is 1.30. The fraction of sp³-hybridized carbons (Fsp3) is 0.125. The van der Waals surface area contributed by atoms with Gasteiger partial charge in [-0.25, -0.2) is 4.79 Å². The Labute approximate surface area is 76.1 Å². The van der Waals surface area contributed by atoms with Crippen molar-refractivity contribution in [1.82, 2.24) is 0 Å². The molecule has 0 unspecified atom stereocenters. The van der Waals surface area contributed by atoms with Crippen molar-refractivity contribution in [3.05, 3.63) is 23.8 Å². The van der Waals surface area contributed by atoms with Gasteiger partial charge in [0, 0.05) is 11.4 Å². The number of aryl methyl sites for hydroxylation is 1. The normalized spacial score (nSPS) is 8.38. The topological polar surface area (TPSA) is 115 Å². The number of nitrogen functional groups attached to an aromatic ring is 2. The van der Waals surface area contributed by atoms with Gasteiger partial charge in [-0.3, -0.25) is 0 Å². The lowest BCUT2D eigenvalue weighted by atomic mass is 10.2. The first kappa shape index (κ1) is 11.1. The zero-order valence-corrected chi connectivity index (χ0v) is 7.32. The van der Waals surface area contributed by atoms with Gasteiger partial charge in [0.05, 0.1) is 0 Å². The Morgan fingerprint density at radius 3 is 2.15 bits per heavy atom. The molecule has 0 saturated carbocycles. The Balaban J connectivity index is 0.000000310. The van der Waals surface area contributed by atoms with Gasteiger partial charge < -0.3 is 22.3 Å². The van der Waals surface area contributed by atoms with Gasteiger partial charge in [-0.05, 0) is 24.6 Å². The van der Waals surface area contributed by atoms with Crippen molar-refractivity contribution >= 4 is 17.5 Å². The molecule has 0 heterocycles. The summed E-state index contributed by atoms with van der Waals surface area (Å²) in [6.07, 6.45) is -1.33. The number of hydrogen-bond donors (Lipinski definition) is 4. The molecule has 0 aliphatic heterocycles. The quantitative estimate of drug-likeness (QED) is 0.445.